The summed E-state index contributed by atoms with van der Waals surface area (Å²) in [6.45, 7) is 1.78. The first-order valence-electron chi connectivity index (χ1n) is 8.49. The second-order valence-corrected chi connectivity index (χ2v) is 6.03. The van der Waals surface area contributed by atoms with Crippen LogP contribution in [0.15, 0.2) is 78.9 Å². The summed E-state index contributed by atoms with van der Waals surface area (Å²) >= 11 is 0. The van der Waals surface area contributed by atoms with Crippen LogP contribution >= 0.6 is 0 Å². The van der Waals surface area contributed by atoms with Crippen molar-refractivity contribution in [1.82, 2.24) is 5.32 Å². The molecule has 0 fully saturated rings. The summed E-state index contributed by atoms with van der Waals surface area (Å²) < 4.78 is 5.35. The lowest BCUT2D eigenvalue weighted by Crippen LogP contribution is -2.31. The molecule has 3 rings (SSSR count). The Balaban J connectivity index is 1.56. The number of aromatic hydroxyl groups is 1. The van der Waals surface area contributed by atoms with Crippen LogP contribution in [-0.4, -0.2) is 17.6 Å². The summed E-state index contributed by atoms with van der Waals surface area (Å²) in [5.41, 5.74) is 3.31. The van der Waals surface area contributed by atoms with Crippen molar-refractivity contribution < 1.29 is 14.6 Å². The number of phenolic OH excluding ortho intramolecular Hbond substituents is 1. The Bertz CT molecular complexity index is 860. The monoisotopic (exact) mass is 347 g/mol. The van der Waals surface area contributed by atoms with Gasteiger partial charge in [0.15, 0.2) is 18.1 Å². The maximum absolute atomic E-state index is 12.1. The van der Waals surface area contributed by atoms with E-state index in [4.69, 9.17) is 4.74 Å². The van der Waals surface area contributed by atoms with Crippen LogP contribution in [-0.2, 0) is 4.79 Å². The summed E-state index contributed by atoms with van der Waals surface area (Å²) in [6.07, 6.45) is 0. The van der Waals surface area contributed by atoms with Gasteiger partial charge < -0.3 is 15.2 Å². The summed E-state index contributed by atoms with van der Waals surface area (Å²) in [4.78, 5) is 12.1. The van der Waals surface area contributed by atoms with Crippen LogP contribution in [0.3, 0.4) is 0 Å². The molecule has 132 valence electrons. The van der Waals surface area contributed by atoms with Gasteiger partial charge in [-0.05, 0) is 35.7 Å². The molecule has 0 spiro atoms. The Labute approximate surface area is 153 Å². The number of carbonyl (C=O) groups excluding carboxylic acids is 1. The van der Waals surface area contributed by atoms with E-state index in [0.717, 1.165) is 16.7 Å². The fourth-order valence-electron chi connectivity index (χ4n) is 2.68. The highest BCUT2D eigenvalue weighted by molar-refractivity contribution is 5.78. The molecule has 0 saturated heterocycles. The largest absolute Gasteiger partial charge is 0.504 e. The second kappa shape index (κ2) is 8.21. The Hall–Kier alpha value is -3.27. The highest BCUT2D eigenvalue weighted by Gasteiger charge is 2.11. The Morgan fingerprint density at radius 2 is 1.54 bits per heavy atom. The Morgan fingerprint density at radius 3 is 2.23 bits per heavy atom. The summed E-state index contributed by atoms with van der Waals surface area (Å²) in [6, 6.07) is 24.7. The third-order valence-electron chi connectivity index (χ3n) is 4.12. The van der Waals surface area contributed by atoms with Gasteiger partial charge in [0.25, 0.3) is 5.91 Å². The average molecular weight is 347 g/mol. The molecule has 4 nitrogen and oxygen atoms in total. The fourth-order valence-corrected chi connectivity index (χ4v) is 2.68. The molecule has 1 amide bonds. The van der Waals surface area contributed by atoms with E-state index in [1.54, 1.807) is 18.2 Å². The molecule has 0 aromatic heterocycles. The molecule has 0 aliphatic heterocycles. The van der Waals surface area contributed by atoms with E-state index in [0.29, 0.717) is 5.75 Å². The third kappa shape index (κ3) is 4.42. The molecule has 0 saturated carbocycles. The van der Waals surface area contributed by atoms with Crippen molar-refractivity contribution in [3.8, 4) is 22.6 Å². The normalized spacial score (nSPS) is 11.6. The van der Waals surface area contributed by atoms with Gasteiger partial charge in [-0.25, -0.2) is 0 Å². The number of amides is 1. The average Bonchev–Trinajstić information content (AvgIpc) is 2.68. The topological polar surface area (TPSA) is 58.6 Å². The van der Waals surface area contributed by atoms with Crippen molar-refractivity contribution >= 4 is 5.91 Å². The summed E-state index contributed by atoms with van der Waals surface area (Å²) in [7, 11) is 0. The molecule has 4 heteroatoms. The standard InChI is InChI=1S/C22H21NO3/c1-16(23-22(25)15-26-21-10-6-5-9-20(21)24)17-11-13-19(14-12-17)18-7-3-2-4-8-18/h2-14,16,24H,15H2,1H3,(H,23,25)/t16-/m1/s1. The number of rotatable bonds is 6. The van der Waals surface area contributed by atoms with Crippen LogP contribution < -0.4 is 10.1 Å². The molecule has 0 bridgehead atoms. The number of benzene rings is 3. The quantitative estimate of drug-likeness (QED) is 0.698. The van der Waals surface area contributed by atoms with Crippen LogP contribution in [0.2, 0.25) is 0 Å². The van der Waals surface area contributed by atoms with Crippen molar-refractivity contribution in [3.05, 3.63) is 84.4 Å². The predicted octanol–water partition coefficient (Wildman–Crippen LogP) is 4.32. The van der Waals surface area contributed by atoms with E-state index in [-0.39, 0.29) is 24.3 Å². The molecule has 3 aromatic carbocycles. The molecule has 0 radical (unpaired) electrons. The van der Waals surface area contributed by atoms with Crippen molar-refractivity contribution in [2.75, 3.05) is 6.61 Å². The van der Waals surface area contributed by atoms with E-state index in [9.17, 15) is 9.90 Å². The molecule has 0 aliphatic carbocycles. The summed E-state index contributed by atoms with van der Waals surface area (Å²) in [5.74, 6) is 0.0697. The van der Waals surface area contributed by atoms with Gasteiger partial charge in [0.05, 0.1) is 6.04 Å². The van der Waals surface area contributed by atoms with Gasteiger partial charge in [-0.15, -0.1) is 0 Å². The van der Waals surface area contributed by atoms with Crippen molar-refractivity contribution in [2.45, 2.75) is 13.0 Å². The second-order valence-electron chi connectivity index (χ2n) is 6.03. The zero-order chi connectivity index (χ0) is 18.4. The first-order chi connectivity index (χ1) is 12.6. The lowest BCUT2D eigenvalue weighted by atomic mass is 10.0. The van der Waals surface area contributed by atoms with Crippen LogP contribution in [0, 0.1) is 0 Å². The van der Waals surface area contributed by atoms with Gasteiger partial charge in [0, 0.05) is 0 Å². The molecule has 2 N–H and O–H groups in total. The van der Waals surface area contributed by atoms with Crippen molar-refractivity contribution in [2.24, 2.45) is 0 Å². The van der Waals surface area contributed by atoms with Gasteiger partial charge >= 0.3 is 0 Å². The number of ether oxygens (including phenoxy) is 1. The maximum atomic E-state index is 12.1. The van der Waals surface area contributed by atoms with E-state index in [1.807, 2.05) is 49.4 Å². The number of hydrogen-bond donors (Lipinski definition) is 2. The van der Waals surface area contributed by atoms with Gasteiger partial charge in [-0.3, -0.25) is 4.79 Å². The number of nitrogens with one attached hydrogen (secondary N) is 1. The highest BCUT2D eigenvalue weighted by atomic mass is 16.5. The number of phenols is 1. The minimum atomic E-state index is -0.243. The maximum Gasteiger partial charge on any atom is 0.258 e. The molecule has 1 atom stereocenters. The molecule has 0 aliphatic rings. The van der Waals surface area contributed by atoms with Crippen LogP contribution in [0.1, 0.15) is 18.5 Å². The Kier molecular flexibility index (Phi) is 5.54. The SMILES string of the molecule is C[C@@H](NC(=O)COc1ccccc1O)c1ccc(-c2ccccc2)cc1. The van der Waals surface area contributed by atoms with Crippen LogP contribution in [0.5, 0.6) is 11.5 Å². The smallest absolute Gasteiger partial charge is 0.258 e. The van der Waals surface area contributed by atoms with Crippen LogP contribution in [0.4, 0.5) is 0 Å². The fraction of sp³-hybridized carbons (Fsp3) is 0.136. The molecular formula is C22H21NO3. The molecular weight excluding hydrogens is 326 g/mol. The predicted molar refractivity (Wildman–Crippen MR) is 102 cm³/mol. The first-order valence-corrected chi connectivity index (χ1v) is 8.49. The van der Waals surface area contributed by atoms with Crippen molar-refractivity contribution in [3.63, 3.8) is 0 Å². The molecule has 0 heterocycles. The lowest BCUT2D eigenvalue weighted by Gasteiger charge is -2.15. The van der Waals surface area contributed by atoms with Crippen LogP contribution in [0.25, 0.3) is 11.1 Å². The Morgan fingerprint density at radius 1 is 0.923 bits per heavy atom. The van der Waals surface area contributed by atoms with Gasteiger partial charge in [-0.2, -0.15) is 0 Å². The van der Waals surface area contributed by atoms with Gasteiger partial charge in [-0.1, -0.05) is 66.7 Å². The van der Waals surface area contributed by atoms with E-state index in [1.165, 1.54) is 6.07 Å². The molecule has 26 heavy (non-hydrogen) atoms. The molecule has 3 aromatic rings. The number of hydrogen-bond acceptors (Lipinski definition) is 3. The zero-order valence-electron chi connectivity index (χ0n) is 14.6. The van der Waals surface area contributed by atoms with Crippen molar-refractivity contribution in [1.29, 1.82) is 0 Å². The first kappa shape index (κ1) is 17.5. The molecule has 0 unspecified atom stereocenters. The minimum Gasteiger partial charge on any atom is -0.504 e. The number of para-hydroxylation sites is 2. The van der Waals surface area contributed by atoms with E-state index >= 15 is 0 Å². The number of carbonyl (C=O) groups is 1. The summed E-state index contributed by atoms with van der Waals surface area (Å²) in [5, 5.41) is 12.5. The lowest BCUT2D eigenvalue weighted by molar-refractivity contribution is -0.123. The van der Waals surface area contributed by atoms with E-state index < -0.39 is 0 Å². The van der Waals surface area contributed by atoms with E-state index in [2.05, 4.69) is 17.4 Å². The minimum absolute atomic E-state index is 0.0184. The zero-order valence-corrected chi connectivity index (χ0v) is 14.6. The third-order valence-corrected chi connectivity index (χ3v) is 4.12. The van der Waals surface area contributed by atoms with Gasteiger partial charge in [0.2, 0.25) is 0 Å². The highest BCUT2D eigenvalue weighted by Crippen LogP contribution is 2.24. The van der Waals surface area contributed by atoms with Gasteiger partial charge in [0.1, 0.15) is 0 Å².